The Morgan fingerprint density at radius 3 is 2.50 bits per heavy atom. The van der Waals surface area contributed by atoms with Crippen LogP contribution in [0.3, 0.4) is 0 Å². The average molecular weight is 294 g/mol. The van der Waals surface area contributed by atoms with E-state index in [0.29, 0.717) is 13.1 Å². The number of rotatable bonds is 2. The first-order chi connectivity index (χ1) is 7.32. The Bertz CT molecular complexity index is 258. The number of hydrogen-bond donors (Lipinski definition) is 0. The van der Waals surface area contributed by atoms with Crippen LogP contribution < -0.4 is 0 Å². The smallest absolute Gasteiger partial charge is 0.410 e. The van der Waals surface area contributed by atoms with Crippen LogP contribution in [0.4, 0.5) is 4.79 Å². The second-order valence-corrected chi connectivity index (χ2v) is 5.73. The van der Waals surface area contributed by atoms with Crippen LogP contribution in [0, 0.1) is 0 Å². The van der Waals surface area contributed by atoms with E-state index in [-0.39, 0.29) is 11.7 Å². The lowest BCUT2D eigenvalue weighted by atomic mass is 10.1. The summed E-state index contributed by atoms with van der Waals surface area (Å²) in [5.74, 6) is 0. The number of methoxy groups -OCH3 is 1. The fourth-order valence-corrected chi connectivity index (χ4v) is 2.34. The van der Waals surface area contributed by atoms with Crippen molar-refractivity contribution < 1.29 is 14.3 Å². The summed E-state index contributed by atoms with van der Waals surface area (Å²) in [6, 6.07) is 0. The number of amides is 1. The van der Waals surface area contributed by atoms with Gasteiger partial charge in [-0.15, -0.1) is 0 Å². The summed E-state index contributed by atoms with van der Waals surface area (Å²) < 4.78 is 10.8. The zero-order valence-electron chi connectivity index (χ0n) is 10.4. The Hall–Kier alpha value is -0.290. The van der Waals surface area contributed by atoms with E-state index in [1.54, 1.807) is 12.0 Å². The van der Waals surface area contributed by atoms with Gasteiger partial charge in [0.1, 0.15) is 5.60 Å². The van der Waals surface area contributed by atoms with E-state index in [2.05, 4.69) is 15.9 Å². The Labute approximate surface area is 105 Å². The molecule has 0 saturated carbocycles. The van der Waals surface area contributed by atoms with Crippen molar-refractivity contribution in [2.75, 3.05) is 25.5 Å². The van der Waals surface area contributed by atoms with Gasteiger partial charge in [-0.25, -0.2) is 4.79 Å². The SMILES string of the molecule is COC1(CBr)CCN(C(=O)OC(C)(C)C)C1. The molecule has 0 aromatic carbocycles. The van der Waals surface area contributed by atoms with E-state index in [1.807, 2.05) is 20.8 Å². The van der Waals surface area contributed by atoms with Crippen molar-refractivity contribution in [2.45, 2.75) is 38.4 Å². The zero-order chi connectivity index (χ0) is 12.4. The maximum Gasteiger partial charge on any atom is 0.410 e. The third-order valence-electron chi connectivity index (χ3n) is 2.64. The lowest BCUT2D eigenvalue weighted by molar-refractivity contribution is 0.00495. The zero-order valence-corrected chi connectivity index (χ0v) is 12.0. The Kier molecular flexibility index (Phi) is 4.23. The summed E-state index contributed by atoms with van der Waals surface area (Å²) in [6.07, 6.45) is 0.584. The van der Waals surface area contributed by atoms with Gasteiger partial charge >= 0.3 is 6.09 Å². The predicted molar refractivity (Wildman–Crippen MR) is 66.0 cm³/mol. The minimum Gasteiger partial charge on any atom is -0.444 e. The topological polar surface area (TPSA) is 38.8 Å². The molecule has 1 heterocycles. The first-order valence-electron chi connectivity index (χ1n) is 5.41. The lowest BCUT2D eigenvalue weighted by Gasteiger charge is -2.27. The van der Waals surface area contributed by atoms with Gasteiger partial charge in [0.2, 0.25) is 0 Å². The molecule has 0 radical (unpaired) electrons. The first kappa shape index (κ1) is 13.8. The number of ether oxygens (including phenoxy) is 2. The highest BCUT2D eigenvalue weighted by molar-refractivity contribution is 9.09. The van der Waals surface area contributed by atoms with Crippen molar-refractivity contribution in [3.8, 4) is 0 Å². The fourth-order valence-electron chi connectivity index (χ4n) is 1.66. The molecule has 1 unspecified atom stereocenters. The largest absolute Gasteiger partial charge is 0.444 e. The molecule has 1 rings (SSSR count). The van der Waals surface area contributed by atoms with Crippen molar-refractivity contribution in [1.82, 2.24) is 4.90 Å². The van der Waals surface area contributed by atoms with Crippen molar-refractivity contribution in [2.24, 2.45) is 0 Å². The van der Waals surface area contributed by atoms with E-state index in [1.165, 1.54) is 0 Å². The molecule has 1 fully saturated rings. The molecule has 0 N–H and O–H groups in total. The minimum atomic E-state index is -0.441. The van der Waals surface area contributed by atoms with Crippen LogP contribution >= 0.6 is 15.9 Å². The van der Waals surface area contributed by atoms with E-state index >= 15 is 0 Å². The molecule has 0 aliphatic carbocycles. The maximum absolute atomic E-state index is 11.8. The maximum atomic E-state index is 11.8. The summed E-state index contributed by atoms with van der Waals surface area (Å²) in [7, 11) is 1.68. The van der Waals surface area contributed by atoms with Gasteiger partial charge in [0, 0.05) is 19.0 Å². The normalized spacial score (nSPS) is 25.9. The molecule has 4 nitrogen and oxygen atoms in total. The van der Waals surface area contributed by atoms with Crippen molar-refractivity contribution in [3.63, 3.8) is 0 Å². The average Bonchev–Trinajstić information content (AvgIpc) is 2.60. The summed E-state index contributed by atoms with van der Waals surface area (Å²) >= 11 is 3.43. The number of alkyl halides is 1. The summed E-state index contributed by atoms with van der Waals surface area (Å²) in [5, 5.41) is 0.732. The van der Waals surface area contributed by atoms with Gasteiger partial charge in [-0.2, -0.15) is 0 Å². The molecule has 0 aromatic rings. The summed E-state index contributed by atoms with van der Waals surface area (Å²) in [4.78, 5) is 13.5. The second-order valence-electron chi connectivity index (χ2n) is 5.17. The molecule has 5 heteroatoms. The summed E-state index contributed by atoms with van der Waals surface area (Å²) in [5.41, 5.74) is -0.694. The van der Waals surface area contributed by atoms with Gasteiger partial charge < -0.3 is 14.4 Å². The Morgan fingerprint density at radius 2 is 2.12 bits per heavy atom. The second kappa shape index (κ2) is 4.92. The van der Waals surface area contributed by atoms with Gasteiger partial charge in [0.25, 0.3) is 0 Å². The molecule has 1 aliphatic rings. The van der Waals surface area contributed by atoms with Crippen molar-refractivity contribution in [1.29, 1.82) is 0 Å². The van der Waals surface area contributed by atoms with Crippen LogP contribution in [0.2, 0.25) is 0 Å². The third-order valence-corrected chi connectivity index (χ3v) is 3.67. The van der Waals surface area contributed by atoms with Gasteiger partial charge in [-0.05, 0) is 27.2 Å². The molecule has 0 aromatic heterocycles. The first-order valence-corrected chi connectivity index (χ1v) is 6.53. The highest BCUT2D eigenvalue weighted by atomic mass is 79.9. The van der Waals surface area contributed by atoms with Crippen LogP contribution in [-0.2, 0) is 9.47 Å². The molecule has 1 aliphatic heterocycles. The van der Waals surface area contributed by atoms with Crippen LogP contribution in [0.15, 0.2) is 0 Å². The lowest BCUT2D eigenvalue weighted by Crippen LogP contribution is -2.41. The molecule has 16 heavy (non-hydrogen) atoms. The van der Waals surface area contributed by atoms with Crippen molar-refractivity contribution >= 4 is 22.0 Å². The molecule has 0 spiro atoms. The predicted octanol–water partition coefficient (Wildman–Crippen LogP) is 2.41. The fraction of sp³-hybridized carbons (Fsp3) is 0.909. The highest BCUT2D eigenvalue weighted by Gasteiger charge is 2.40. The van der Waals surface area contributed by atoms with Crippen LogP contribution in [-0.4, -0.2) is 47.7 Å². The molecule has 0 bridgehead atoms. The molecular weight excluding hydrogens is 274 g/mol. The number of carbonyl (C=O) groups excluding carboxylic acids is 1. The van der Waals surface area contributed by atoms with E-state index in [0.717, 1.165) is 11.8 Å². The molecule has 1 amide bonds. The minimum absolute atomic E-state index is 0.253. The quantitative estimate of drug-likeness (QED) is 0.734. The molecule has 1 atom stereocenters. The number of nitrogens with zero attached hydrogens (tertiary/aromatic N) is 1. The number of carbonyl (C=O) groups is 1. The van der Waals surface area contributed by atoms with E-state index in [4.69, 9.17) is 9.47 Å². The monoisotopic (exact) mass is 293 g/mol. The van der Waals surface area contributed by atoms with Crippen molar-refractivity contribution in [3.05, 3.63) is 0 Å². The number of likely N-dealkylation sites (tertiary alicyclic amines) is 1. The summed E-state index contributed by atoms with van der Waals surface area (Å²) in [6.45, 7) is 6.89. The Morgan fingerprint density at radius 1 is 1.50 bits per heavy atom. The third kappa shape index (κ3) is 3.35. The van der Waals surface area contributed by atoms with Gasteiger partial charge in [-0.1, -0.05) is 15.9 Å². The molecular formula is C11H20BrNO3. The Balaban J connectivity index is 2.56. The highest BCUT2D eigenvalue weighted by Crippen LogP contribution is 2.27. The standard InChI is InChI=1S/C11H20BrNO3/c1-10(2,3)16-9(14)13-6-5-11(7-12,8-13)15-4/h5-8H2,1-4H3. The van der Waals surface area contributed by atoms with E-state index in [9.17, 15) is 4.79 Å². The van der Waals surface area contributed by atoms with Gasteiger partial charge in [0.15, 0.2) is 0 Å². The molecule has 1 saturated heterocycles. The van der Waals surface area contributed by atoms with Crippen LogP contribution in [0.1, 0.15) is 27.2 Å². The van der Waals surface area contributed by atoms with Crippen LogP contribution in [0.25, 0.3) is 0 Å². The van der Waals surface area contributed by atoms with Gasteiger partial charge in [0.05, 0.1) is 12.1 Å². The van der Waals surface area contributed by atoms with Gasteiger partial charge in [-0.3, -0.25) is 0 Å². The van der Waals surface area contributed by atoms with Crippen LogP contribution in [0.5, 0.6) is 0 Å². The van der Waals surface area contributed by atoms with E-state index < -0.39 is 5.60 Å². The number of hydrogen-bond acceptors (Lipinski definition) is 3. The molecule has 94 valence electrons. The number of halogens is 1.